The van der Waals surface area contributed by atoms with Crippen LogP contribution in [0.1, 0.15) is 24.8 Å². The minimum atomic E-state index is -0.880. The van der Waals surface area contributed by atoms with Crippen molar-refractivity contribution in [1.82, 2.24) is 10.3 Å². The number of nitrogens with one attached hydrogen (secondary N) is 1. The van der Waals surface area contributed by atoms with Crippen molar-refractivity contribution in [2.75, 3.05) is 7.11 Å². The summed E-state index contributed by atoms with van der Waals surface area (Å²) in [6, 6.07) is 14.7. The van der Waals surface area contributed by atoms with Gasteiger partial charge in [0, 0.05) is 13.0 Å². The molecule has 1 aromatic heterocycles. The Balaban J connectivity index is 1.42. The molecule has 0 saturated heterocycles. The molecule has 3 aromatic rings. The van der Waals surface area contributed by atoms with Crippen LogP contribution in [0.2, 0.25) is 0 Å². The summed E-state index contributed by atoms with van der Waals surface area (Å²) in [4.78, 5) is 28.4. The summed E-state index contributed by atoms with van der Waals surface area (Å²) in [6.07, 6.45) is -0.481. The van der Waals surface area contributed by atoms with Gasteiger partial charge in [-0.1, -0.05) is 24.3 Å². The molecule has 7 nitrogen and oxygen atoms in total. The molecule has 1 atom stereocenters. The van der Waals surface area contributed by atoms with Gasteiger partial charge in [-0.05, 0) is 36.8 Å². The van der Waals surface area contributed by atoms with E-state index in [-0.39, 0.29) is 12.3 Å². The normalized spacial score (nSPS) is 11.8. The van der Waals surface area contributed by atoms with E-state index in [4.69, 9.17) is 13.9 Å². The number of aryl methyl sites for hydroxylation is 1. The van der Waals surface area contributed by atoms with E-state index in [9.17, 15) is 9.59 Å². The minimum absolute atomic E-state index is 0.0862. The van der Waals surface area contributed by atoms with E-state index in [0.29, 0.717) is 24.4 Å². The third-order valence-electron chi connectivity index (χ3n) is 4.18. The Morgan fingerprint density at radius 1 is 1.14 bits per heavy atom. The molecule has 7 heteroatoms. The predicted octanol–water partition coefficient (Wildman–Crippen LogP) is 3.02. The maximum atomic E-state index is 12.1. The number of aromatic nitrogens is 1. The molecule has 0 bridgehead atoms. The summed E-state index contributed by atoms with van der Waals surface area (Å²) in [5.74, 6) is 0.381. The number of carbonyl (C=O) groups is 2. The van der Waals surface area contributed by atoms with Crippen LogP contribution in [0.4, 0.5) is 0 Å². The van der Waals surface area contributed by atoms with Gasteiger partial charge in [-0.25, -0.2) is 4.98 Å². The molecule has 146 valence electrons. The number of hydrogen-bond acceptors (Lipinski definition) is 6. The SMILES string of the molecule is COc1ccc(CNC(=O)[C@H](C)OC(=O)CCc2nc3ccccc3o2)cc1. The number of hydrogen-bond donors (Lipinski definition) is 1. The van der Waals surface area contributed by atoms with Crippen molar-refractivity contribution >= 4 is 23.0 Å². The summed E-state index contributed by atoms with van der Waals surface area (Å²) in [5, 5.41) is 2.75. The number of para-hydroxylation sites is 2. The molecular formula is C21H22N2O5. The monoisotopic (exact) mass is 382 g/mol. The Morgan fingerprint density at radius 3 is 2.61 bits per heavy atom. The zero-order valence-corrected chi connectivity index (χ0v) is 15.8. The number of oxazole rings is 1. The maximum Gasteiger partial charge on any atom is 0.307 e. The van der Waals surface area contributed by atoms with Gasteiger partial charge < -0.3 is 19.2 Å². The molecule has 0 radical (unpaired) electrons. The summed E-state index contributed by atoms with van der Waals surface area (Å²) < 4.78 is 15.9. The highest BCUT2D eigenvalue weighted by atomic mass is 16.5. The largest absolute Gasteiger partial charge is 0.497 e. The van der Waals surface area contributed by atoms with E-state index in [1.165, 1.54) is 0 Å². The van der Waals surface area contributed by atoms with Gasteiger partial charge in [-0.15, -0.1) is 0 Å². The number of amides is 1. The van der Waals surface area contributed by atoms with Crippen molar-refractivity contribution in [3.05, 3.63) is 60.0 Å². The quantitative estimate of drug-likeness (QED) is 0.602. The Bertz CT molecular complexity index is 916. The van der Waals surface area contributed by atoms with Crippen molar-refractivity contribution in [1.29, 1.82) is 0 Å². The zero-order chi connectivity index (χ0) is 19.9. The molecule has 3 rings (SSSR count). The van der Waals surface area contributed by atoms with Gasteiger partial charge in [0.2, 0.25) is 0 Å². The molecular weight excluding hydrogens is 360 g/mol. The van der Waals surface area contributed by atoms with E-state index >= 15 is 0 Å². The molecule has 0 saturated carbocycles. The lowest BCUT2D eigenvalue weighted by Gasteiger charge is -2.13. The second kappa shape index (κ2) is 9.03. The molecule has 2 aromatic carbocycles. The number of ether oxygens (including phenoxy) is 2. The summed E-state index contributed by atoms with van der Waals surface area (Å²) in [6.45, 7) is 1.88. The molecule has 0 aliphatic heterocycles. The lowest BCUT2D eigenvalue weighted by molar-refractivity contribution is -0.154. The van der Waals surface area contributed by atoms with Crippen LogP contribution in [-0.2, 0) is 27.3 Å². The second-order valence-electron chi connectivity index (χ2n) is 6.27. The van der Waals surface area contributed by atoms with Crippen LogP contribution >= 0.6 is 0 Å². The van der Waals surface area contributed by atoms with Crippen molar-refractivity contribution < 1.29 is 23.5 Å². The average molecular weight is 382 g/mol. The smallest absolute Gasteiger partial charge is 0.307 e. The minimum Gasteiger partial charge on any atom is -0.497 e. The molecule has 0 aliphatic carbocycles. The second-order valence-corrected chi connectivity index (χ2v) is 6.27. The highest BCUT2D eigenvalue weighted by molar-refractivity contribution is 5.83. The first-order valence-electron chi connectivity index (χ1n) is 8.99. The Labute approximate surface area is 162 Å². The molecule has 0 fully saturated rings. The molecule has 1 heterocycles. The molecule has 0 spiro atoms. The van der Waals surface area contributed by atoms with Crippen LogP contribution in [0.5, 0.6) is 5.75 Å². The third kappa shape index (κ3) is 5.09. The van der Waals surface area contributed by atoms with Crippen molar-refractivity contribution in [3.8, 4) is 5.75 Å². The van der Waals surface area contributed by atoms with E-state index in [1.807, 2.05) is 48.5 Å². The number of benzene rings is 2. The van der Waals surface area contributed by atoms with Gasteiger partial charge in [0.25, 0.3) is 5.91 Å². The molecule has 0 aliphatic rings. The van der Waals surface area contributed by atoms with Crippen LogP contribution in [0.3, 0.4) is 0 Å². The fraction of sp³-hybridized carbons (Fsp3) is 0.286. The van der Waals surface area contributed by atoms with Crippen molar-refractivity contribution in [2.24, 2.45) is 0 Å². The van der Waals surface area contributed by atoms with Gasteiger partial charge in [-0.3, -0.25) is 9.59 Å². The van der Waals surface area contributed by atoms with Crippen LogP contribution in [0.25, 0.3) is 11.1 Å². The summed E-state index contributed by atoms with van der Waals surface area (Å²) >= 11 is 0. The van der Waals surface area contributed by atoms with Crippen LogP contribution in [0, 0.1) is 0 Å². The number of fused-ring (bicyclic) bond motifs is 1. The van der Waals surface area contributed by atoms with Gasteiger partial charge in [0.1, 0.15) is 11.3 Å². The van der Waals surface area contributed by atoms with Gasteiger partial charge in [0.05, 0.1) is 13.5 Å². The fourth-order valence-corrected chi connectivity index (χ4v) is 2.62. The fourth-order valence-electron chi connectivity index (χ4n) is 2.62. The Hall–Kier alpha value is -3.35. The van der Waals surface area contributed by atoms with Gasteiger partial charge >= 0.3 is 5.97 Å². The molecule has 0 unspecified atom stereocenters. The molecule has 28 heavy (non-hydrogen) atoms. The number of methoxy groups -OCH3 is 1. The average Bonchev–Trinajstić information content (AvgIpc) is 3.14. The van der Waals surface area contributed by atoms with Crippen molar-refractivity contribution in [3.63, 3.8) is 0 Å². The van der Waals surface area contributed by atoms with E-state index < -0.39 is 12.1 Å². The number of rotatable bonds is 8. The Kier molecular flexibility index (Phi) is 6.26. The third-order valence-corrected chi connectivity index (χ3v) is 4.18. The first-order chi connectivity index (χ1) is 13.5. The Morgan fingerprint density at radius 2 is 1.89 bits per heavy atom. The van der Waals surface area contributed by atoms with Gasteiger partial charge in [0.15, 0.2) is 17.6 Å². The maximum absolute atomic E-state index is 12.1. The van der Waals surface area contributed by atoms with Gasteiger partial charge in [-0.2, -0.15) is 0 Å². The highest BCUT2D eigenvalue weighted by Gasteiger charge is 2.18. The first kappa shape index (κ1) is 19.4. The number of carbonyl (C=O) groups excluding carboxylic acids is 2. The van der Waals surface area contributed by atoms with Crippen molar-refractivity contribution in [2.45, 2.75) is 32.4 Å². The van der Waals surface area contributed by atoms with E-state index in [0.717, 1.165) is 16.8 Å². The van der Waals surface area contributed by atoms with E-state index in [2.05, 4.69) is 10.3 Å². The highest BCUT2D eigenvalue weighted by Crippen LogP contribution is 2.16. The number of nitrogens with zero attached hydrogens (tertiary/aromatic N) is 1. The van der Waals surface area contributed by atoms with Crippen LogP contribution < -0.4 is 10.1 Å². The van der Waals surface area contributed by atoms with E-state index in [1.54, 1.807) is 14.0 Å². The first-order valence-corrected chi connectivity index (χ1v) is 8.99. The summed E-state index contributed by atoms with van der Waals surface area (Å²) in [7, 11) is 1.59. The topological polar surface area (TPSA) is 90.7 Å². The molecule has 1 N–H and O–H groups in total. The van der Waals surface area contributed by atoms with Crippen LogP contribution in [0.15, 0.2) is 52.9 Å². The molecule has 1 amide bonds. The lowest BCUT2D eigenvalue weighted by Crippen LogP contribution is -2.35. The lowest BCUT2D eigenvalue weighted by atomic mass is 10.2. The standard InChI is InChI=1S/C21H22N2O5/c1-14(21(25)22-13-15-7-9-16(26-2)10-8-15)27-20(24)12-11-19-23-17-5-3-4-6-18(17)28-19/h3-10,14H,11-13H2,1-2H3,(H,22,25)/t14-/m0/s1. The summed E-state index contributed by atoms with van der Waals surface area (Å²) in [5.41, 5.74) is 2.35. The number of esters is 1. The predicted molar refractivity (Wildman–Crippen MR) is 103 cm³/mol. The van der Waals surface area contributed by atoms with Crippen LogP contribution in [-0.4, -0.2) is 30.1 Å². The zero-order valence-electron chi connectivity index (χ0n) is 15.8.